The van der Waals surface area contributed by atoms with Gasteiger partial charge in [0.15, 0.2) is 0 Å². The number of carbonyl (C=O) groups excluding carboxylic acids is 2. The van der Waals surface area contributed by atoms with E-state index in [1.807, 2.05) is 6.92 Å². The zero-order valence-corrected chi connectivity index (χ0v) is 12.2. The number of nitrogens with one attached hydrogen (secondary N) is 1. The molecule has 0 bridgehead atoms. The first-order valence-electron chi connectivity index (χ1n) is 6.86. The van der Waals surface area contributed by atoms with Crippen LogP contribution in [0.2, 0.25) is 0 Å². The van der Waals surface area contributed by atoms with Crippen LogP contribution in [0.5, 0.6) is 0 Å². The number of hydrogen-bond donors (Lipinski definition) is 1. The van der Waals surface area contributed by atoms with Crippen molar-refractivity contribution in [3.63, 3.8) is 0 Å². The van der Waals surface area contributed by atoms with E-state index in [2.05, 4.69) is 33.0 Å². The largest absolute Gasteiger partial charge is 0.343 e. The van der Waals surface area contributed by atoms with Gasteiger partial charge in [0.05, 0.1) is 6.54 Å². The molecule has 0 aromatic carbocycles. The summed E-state index contributed by atoms with van der Waals surface area (Å²) < 4.78 is 0. The third kappa shape index (κ3) is 3.47. The smallest absolute Gasteiger partial charge is 0.245 e. The van der Waals surface area contributed by atoms with Crippen LogP contribution in [0.15, 0.2) is 0 Å². The molecule has 0 aliphatic carbocycles. The summed E-state index contributed by atoms with van der Waals surface area (Å²) in [6.07, 6.45) is 1.63. The zero-order chi connectivity index (χ0) is 13.9. The molecule has 4 heteroatoms. The van der Waals surface area contributed by atoms with Crippen LogP contribution < -0.4 is 5.32 Å². The molecular formula is C14H26N2O2. The van der Waals surface area contributed by atoms with Gasteiger partial charge in [-0.15, -0.1) is 0 Å². The maximum atomic E-state index is 12.3. The number of piperazine rings is 1. The van der Waals surface area contributed by atoms with E-state index in [0.717, 1.165) is 12.8 Å². The number of hydrogen-bond acceptors (Lipinski definition) is 2. The van der Waals surface area contributed by atoms with E-state index in [4.69, 9.17) is 0 Å². The summed E-state index contributed by atoms with van der Waals surface area (Å²) in [7, 11) is 0. The summed E-state index contributed by atoms with van der Waals surface area (Å²) in [4.78, 5) is 25.6. The van der Waals surface area contributed by atoms with Crippen LogP contribution in [-0.4, -0.2) is 35.8 Å². The molecule has 1 aliphatic heterocycles. The Bertz CT molecular complexity index is 324. The molecule has 0 saturated carbocycles. The molecule has 0 radical (unpaired) electrons. The summed E-state index contributed by atoms with van der Waals surface area (Å²) >= 11 is 0. The minimum Gasteiger partial charge on any atom is -0.343 e. The first-order chi connectivity index (χ1) is 8.27. The van der Waals surface area contributed by atoms with Crippen LogP contribution >= 0.6 is 0 Å². The van der Waals surface area contributed by atoms with E-state index in [9.17, 15) is 9.59 Å². The van der Waals surface area contributed by atoms with Gasteiger partial charge in [-0.25, -0.2) is 0 Å². The van der Waals surface area contributed by atoms with Crippen molar-refractivity contribution >= 4 is 11.8 Å². The van der Waals surface area contributed by atoms with Crippen molar-refractivity contribution in [3.8, 4) is 0 Å². The SMILES string of the molecule is CCCC1NC(=O)CN(CC(C)(C)C(C)C)C1=O. The number of nitrogens with zero attached hydrogens (tertiary/aromatic N) is 1. The summed E-state index contributed by atoms with van der Waals surface area (Å²) in [6, 6.07) is -0.320. The maximum Gasteiger partial charge on any atom is 0.245 e. The third-order valence-corrected chi connectivity index (χ3v) is 4.02. The second-order valence-electron chi connectivity index (χ2n) is 6.25. The second kappa shape index (κ2) is 5.72. The van der Waals surface area contributed by atoms with Gasteiger partial charge in [-0.2, -0.15) is 0 Å². The molecule has 1 heterocycles. The number of amides is 2. The highest BCUT2D eigenvalue weighted by molar-refractivity contribution is 5.94. The van der Waals surface area contributed by atoms with Crippen molar-refractivity contribution < 1.29 is 9.59 Å². The van der Waals surface area contributed by atoms with Crippen LogP contribution in [-0.2, 0) is 9.59 Å². The average Bonchev–Trinajstić information content (AvgIpc) is 2.24. The average molecular weight is 254 g/mol. The van der Waals surface area contributed by atoms with Gasteiger partial charge >= 0.3 is 0 Å². The quantitative estimate of drug-likeness (QED) is 0.813. The number of rotatable bonds is 5. The monoisotopic (exact) mass is 254 g/mol. The van der Waals surface area contributed by atoms with E-state index in [-0.39, 0.29) is 29.8 Å². The predicted molar refractivity (Wildman–Crippen MR) is 72.0 cm³/mol. The van der Waals surface area contributed by atoms with Crippen molar-refractivity contribution in [1.82, 2.24) is 10.2 Å². The Balaban J connectivity index is 2.75. The van der Waals surface area contributed by atoms with Gasteiger partial charge in [0, 0.05) is 6.54 Å². The molecule has 2 amide bonds. The normalized spacial score (nSPS) is 21.4. The standard InChI is InChI=1S/C14H26N2O2/c1-6-7-11-13(18)16(8-12(17)15-11)9-14(4,5)10(2)3/h10-11H,6-9H2,1-5H3,(H,15,17). The van der Waals surface area contributed by atoms with Gasteiger partial charge in [-0.3, -0.25) is 9.59 Å². The van der Waals surface area contributed by atoms with Crippen molar-refractivity contribution in [3.05, 3.63) is 0 Å². The van der Waals surface area contributed by atoms with E-state index in [0.29, 0.717) is 12.5 Å². The van der Waals surface area contributed by atoms with Gasteiger partial charge < -0.3 is 10.2 Å². The van der Waals surface area contributed by atoms with Gasteiger partial charge in [0.1, 0.15) is 6.04 Å². The van der Waals surface area contributed by atoms with Crippen LogP contribution in [0.25, 0.3) is 0 Å². The molecule has 0 aromatic heterocycles. The van der Waals surface area contributed by atoms with E-state index in [1.54, 1.807) is 4.90 Å². The topological polar surface area (TPSA) is 49.4 Å². The summed E-state index contributed by atoms with van der Waals surface area (Å²) in [6.45, 7) is 11.5. The van der Waals surface area contributed by atoms with Crippen molar-refractivity contribution in [2.45, 2.75) is 53.5 Å². The molecule has 1 aliphatic rings. The molecule has 1 rings (SSSR count). The molecule has 1 atom stereocenters. The highest BCUT2D eigenvalue weighted by Gasteiger charge is 2.35. The molecule has 1 N–H and O–H groups in total. The van der Waals surface area contributed by atoms with Gasteiger partial charge in [-0.05, 0) is 17.8 Å². The van der Waals surface area contributed by atoms with Crippen LogP contribution in [0.1, 0.15) is 47.5 Å². The Hall–Kier alpha value is -1.06. The van der Waals surface area contributed by atoms with Crippen molar-refractivity contribution in [2.24, 2.45) is 11.3 Å². The van der Waals surface area contributed by atoms with Gasteiger partial charge in [0.2, 0.25) is 11.8 Å². The lowest BCUT2D eigenvalue weighted by atomic mass is 9.80. The highest BCUT2D eigenvalue weighted by atomic mass is 16.2. The maximum absolute atomic E-state index is 12.3. The molecule has 1 fully saturated rings. The molecule has 0 aromatic rings. The van der Waals surface area contributed by atoms with E-state index < -0.39 is 0 Å². The second-order valence-corrected chi connectivity index (χ2v) is 6.25. The summed E-state index contributed by atoms with van der Waals surface area (Å²) in [5, 5.41) is 2.78. The highest BCUT2D eigenvalue weighted by Crippen LogP contribution is 2.28. The van der Waals surface area contributed by atoms with E-state index in [1.165, 1.54) is 0 Å². The predicted octanol–water partition coefficient (Wildman–Crippen LogP) is 1.80. The molecule has 1 saturated heterocycles. The minimum absolute atomic E-state index is 0.0318. The Morgan fingerprint density at radius 2 is 2.00 bits per heavy atom. The summed E-state index contributed by atoms with van der Waals surface area (Å²) in [5.41, 5.74) is 0.0318. The summed E-state index contributed by atoms with van der Waals surface area (Å²) in [5.74, 6) is 0.512. The zero-order valence-electron chi connectivity index (χ0n) is 12.2. The molecule has 0 spiro atoms. The molecular weight excluding hydrogens is 228 g/mol. The van der Waals surface area contributed by atoms with Crippen LogP contribution in [0.3, 0.4) is 0 Å². The Labute approximate surface area is 110 Å². The fourth-order valence-corrected chi connectivity index (χ4v) is 2.07. The van der Waals surface area contributed by atoms with Gasteiger partial charge in [-0.1, -0.05) is 41.0 Å². The van der Waals surface area contributed by atoms with Crippen LogP contribution in [0, 0.1) is 11.3 Å². The first kappa shape index (κ1) is 15.0. The van der Waals surface area contributed by atoms with E-state index >= 15 is 0 Å². The molecule has 1 unspecified atom stereocenters. The lowest BCUT2D eigenvalue weighted by Crippen LogP contribution is -2.59. The van der Waals surface area contributed by atoms with Crippen molar-refractivity contribution in [1.29, 1.82) is 0 Å². The molecule has 104 valence electrons. The Kier molecular flexibility index (Phi) is 4.77. The fraction of sp³-hybridized carbons (Fsp3) is 0.857. The Morgan fingerprint density at radius 3 is 2.50 bits per heavy atom. The fourth-order valence-electron chi connectivity index (χ4n) is 2.07. The van der Waals surface area contributed by atoms with Gasteiger partial charge in [0.25, 0.3) is 0 Å². The Morgan fingerprint density at radius 1 is 1.39 bits per heavy atom. The first-order valence-corrected chi connectivity index (χ1v) is 6.86. The number of carbonyl (C=O) groups is 2. The molecule has 4 nitrogen and oxygen atoms in total. The van der Waals surface area contributed by atoms with Crippen molar-refractivity contribution in [2.75, 3.05) is 13.1 Å². The molecule has 18 heavy (non-hydrogen) atoms. The third-order valence-electron chi connectivity index (χ3n) is 4.02. The lowest BCUT2D eigenvalue weighted by Gasteiger charge is -2.39. The lowest BCUT2D eigenvalue weighted by molar-refractivity contribution is -0.146. The minimum atomic E-state index is -0.320. The van der Waals surface area contributed by atoms with Crippen LogP contribution in [0.4, 0.5) is 0 Å².